The molecule has 0 aliphatic rings. The summed E-state index contributed by atoms with van der Waals surface area (Å²) in [6.07, 6.45) is 1.78. The standard InChI is InChI=1S/C14H20N4/c1-17(2)9-10-18(3)13-7-6-12(15)14-11(13)5-4-8-16-14/h4-8H,9-10,15H2,1-3H3. The molecule has 0 spiro atoms. The van der Waals surface area contributed by atoms with E-state index in [1.807, 2.05) is 12.1 Å². The quantitative estimate of drug-likeness (QED) is 0.833. The Morgan fingerprint density at radius 2 is 1.89 bits per heavy atom. The van der Waals surface area contributed by atoms with Crippen LogP contribution >= 0.6 is 0 Å². The Balaban J connectivity index is 2.36. The van der Waals surface area contributed by atoms with E-state index < -0.39 is 0 Å². The number of anilines is 2. The van der Waals surface area contributed by atoms with E-state index in [4.69, 9.17) is 5.73 Å². The number of nitrogens with two attached hydrogens (primary N) is 1. The zero-order valence-electron chi connectivity index (χ0n) is 11.2. The molecule has 0 aliphatic heterocycles. The molecule has 0 radical (unpaired) electrons. The fraction of sp³-hybridized carbons (Fsp3) is 0.357. The molecule has 0 saturated heterocycles. The number of hydrogen-bond acceptors (Lipinski definition) is 4. The highest BCUT2D eigenvalue weighted by Gasteiger charge is 2.08. The number of nitrogens with zero attached hydrogens (tertiary/aromatic N) is 3. The van der Waals surface area contributed by atoms with Gasteiger partial charge < -0.3 is 15.5 Å². The van der Waals surface area contributed by atoms with Gasteiger partial charge in [-0.2, -0.15) is 0 Å². The third-order valence-electron chi connectivity index (χ3n) is 3.07. The molecule has 18 heavy (non-hydrogen) atoms. The highest BCUT2D eigenvalue weighted by Crippen LogP contribution is 2.28. The molecule has 0 aliphatic carbocycles. The van der Waals surface area contributed by atoms with Crippen LogP contribution in [0.2, 0.25) is 0 Å². The molecule has 1 heterocycles. The zero-order valence-corrected chi connectivity index (χ0v) is 11.2. The molecular formula is C14H20N4. The zero-order chi connectivity index (χ0) is 13.1. The van der Waals surface area contributed by atoms with Crippen molar-refractivity contribution in [1.29, 1.82) is 0 Å². The third kappa shape index (κ3) is 2.54. The Bertz CT molecular complexity index is 536. The molecule has 0 saturated carbocycles. The van der Waals surface area contributed by atoms with Crippen LogP contribution in [-0.4, -0.2) is 44.1 Å². The van der Waals surface area contributed by atoms with Crippen molar-refractivity contribution in [2.75, 3.05) is 44.9 Å². The third-order valence-corrected chi connectivity index (χ3v) is 3.07. The predicted molar refractivity (Wildman–Crippen MR) is 78.0 cm³/mol. The highest BCUT2D eigenvalue weighted by molar-refractivity contribution is 5.98. The molecule has 4 nitrogen and oxygen atoms in total. The van der Waals surface area contributed by atoms with Crippen LogP contribution in [0.25, 0.3) is 10.9 Å². The topological polar surface area (TPSA) is 45.4 Å². The Labute approximate surface area is 108 Å². The Morgan fingerprint density at radius 1 is 1.11 bits per heavy atom. The minimum absolute atomic E-state index is 0.732. The van der Waals surface area contributed by atoms with Crippen LogP contribution in [0.4, 0.5) is 11.4 Å². The summed E-state index contributed by atoms with van der Waals surface area (Å²) in [7, 11) is 6.26. The van der Waals surface area contributed by atoms with Gasteiger partial charge >= 0.3 is 0 Å². The number of nitrogen functional groups attached to an aromatic ring is 1. The number of fused-ring (bicyclic) bond motifs is 1. The molecule has 4 heteroatoms. The van der Waals surface area contributed by atoms with Gasteiger partial charge in [0.2, 0.25) is 0 Å². The van der Waals surface area contributed by atoms with Gasteiger partial charge in [0.25, 0.3) is 0 Å². The number of pyridine rings is 1. The van der Waals surface area contributed by atoms with Gasteiger partial charge in [-0.25, -0.2) is 0 Å². The van der Waals surface area contributed by atoms with E-state index in [9.17, 15) is 0 Å². The summed E-state index contributed by atoms with van der Waals surface area (Å²) >= 11 is 0. The van der Waals surface area contributed by atoms with E-state index in [1.54, 1.807) is 6.20 Å². The van der Waals surface area contributed by atoms with Gasteiger partial charge in [0.1, 0.15) is 0 Å². The van der Waals surface area contributed by atoms with E-state index in [0.29, 0.717) is 0 Å². The second-order valence-electron chi connectivity index (χ2n) is 4.80. The van der Waals surface area contributed by atoms with Crippen LogP contribution in [0.3, 0.4) is 0 Å². The summed E-state index contributed by atoms with van der Waals surface area (Å²) in [5, 5.41) is 1.11. The molecule has 2 N–H and O–H groups in total. The molecule has 0 bridgehead atoms. The maximum atomic E-state index is 5.96. The first-order chi connectivity index (χ1) is 8.59. The Morgan fingerprint density at radius 3 is 2.61 bits per heavy atom. The summed E-state index contributed by atoms with van der Waals surface area (Å²) in [6, 6.07) is 8.01. The van der Waals surface area contributed by atoms with Crippen molar-refractivity contribution >= 4 is 22.3 Å². The lowest BCUT2D eigenvalue weighted by molar-refractivity contribution is 0.416. The maximum absolute atomic E-state index is 5.96. The van der Waals surface area contributed by atoms with Gasteiger partial charge in [0.15, 0.2) is 0 Å². The van der Waals surface area contributed by atoms with Crippen LogP contribution in [0.1, 0.15) is 0 Å². The minimum atomic E-state index is 0.732. The normalized spacial score (nSPS) is 11.1. The average molecular weight is 244 g/mol. The first-order valence-electron chi connectivity index (χ1n) is 6.08. The van der Waals surface area contributed by atoms with E-state index in [1.165, 1.54) is 5.69 Å². The van der Waals surface area contributed by atoms with E-state index in [-0.39, 0.29) is 0 Å². The summed E-state index contributed by atoms with van der Waals surface area (Å²) in [5.41, 5.74) is 8.75. The Kier molecular flexibility index (Phi) is 3.67. The molecule has 96 valence electrons. The number of rotatable bonds is 4. The number of benzene rings is 1. The number of likely N-dealkylation sites (N-methyl/N-ethyl adjacent to an activating group) is 2. The van der Waals surface area contributed by atoms with Crippen molar-refractivity contribution in [3.05, 3.63) is 30.5 Å². The second-order valence-corrected chi connectivity index (χ2v) is 4.80. The average Bonchev–Trinajstić information content (AvgIpc) is 2.37. The van der Waals surface area contributed by atoms with Crippen molar-refractivity contribution in [2.45, 2.75) is 0 Å². The summed E-state index contributed by atoms with van der Waals surface area (Å²) in [6.45, 7) is 1.99. The molecule has 0 atom stereocenters. The number of hydrogen-bond donors (Lipinski definition) is 1. The van der Waals surface area contributed by atoms with E-state index in [2.05, 4.69) is 48.1 Å². The molecule has 2 rings (SSSR count). The SMILES string of the molecule is CN(C)CCN(C)c1ccc(N)c2ncccc12. The van der Waals surface area contributed by atoms with Crippen molar-refractivity contribution in [3.8, 4) is 0 Å². The minimum Gasteiger partial charge on any atom is -0.397 e. The van der Waals surface area contributed by atoms with Gasteiger partial charge in [0.05, 0.1) is 11.2 Å². The molecule has 2 aromatic rings. The highest BCUT2D eigenvalue weighted by atomic mass is 15.2. The summed E-state index contributed by atoms with van der Waals surface area (Å²) < 4.78 is 0. The molecule has 1 aromatic carbocycles. The van der Waals surface area contributed by atoms with Crippen molar-refractivity contribution in [3.63, 3.8) is 0 Å². The number of aromatic nitrogens is 1. The lowest BCUT2D eigenvalue weighted by Gasteiger charge is -2.23. The second kappa shape index (κ2) is 5.23. The molecule has 0 fully saturated rings. The fourth-order valence-electron chi connectivity index (χ4n) is 1.98. The lowest BCUT2D eigenvalue weighted by Crippen LogP contribution is -2.28. The first-order valence-corrected chi connectivity index (χ1v) is 6.08. The fourth-order valence-corrected chi connectivity index (χ4v) is 1.98. The van der Waals surface area contributed by atoms with E-state index in [0.717, 1.165) is 29.7 Å². The molecule has 1 aromatic heterocycles. The van der Waals surface area contributed by atoms with Crippen LogP contribution in [0.15, 0.2) is 30.5 Å². The summed E-state index contributed by atoms with van der Waals surface area (Å²) in [4.78, 5) is 8.77. The maximum Gasteiger partial charge on any atom is 0.0951 e. The van der Waals surface area contributed by atoms with Crippen molar-refractivity contribution in [2.24, 2.45) is 0 Å². The van der Waals surface area contributed by atoms with Crippen molar-refractivity contribution < 1.29 is 0 Å². The lowest BCUT2D eigenvalue weighted by atomic mass is 10.1. The van der Waals surface area contributed by atoms with Crippen molar-refractivity contribution in [1.82, 2.24) is 9.88 Å². The Hall–Kier alpha value is -1.81. The van der Waals surface area contributed by atoms with Gasteiger partial charge in [-0.1, -0.05) is 0 Å². The van der Waals surface area contributed by atoms with Crippen LogP contribution < -0.4 is 10.6 Å². The monoisotopic (exact) mass is 244 g/mol. The van der Waals surface area contributed by atoms with Gasteiger partial charge in [0, 0.05) is 37.4 Å². The van der Waals surface area contributed by atoms with Crippen LogP contribution in [-0.2, 0) is 0 Å². The smallest absolute Gasteiger partial charge is 0.0951 e. The van der Waals surface area contributed by atoms with E-state index >= 15 is 0 Å². The molecular weight excluding hydrogens is 224 g/mol. The van der Waals surface area contributed by atoms with Gasteiger partial charge in [-0.05, 0) is 38.4 Å². The van der Waals surface area contributed by atoms with Crippen LogP contribution in [0.5, 0.6) is 0 Å². The largest absolute Gasteiger partial charge is 0.397 e. The first kappa shape index (κ1) is 12.6. The van der Waals surface area contributed by atoms with Crippen LogP contribution in [0, 0.1) is 0 Å². The summed E-state index contributed by atoms with van der Waals surface area (Å²) in [5.74, 6) is 0. The predicted octanol–water partition coefficient (Wildman–Crippen LogP) is 1.81. The molecule has 0 amide bonds. The van der Waals surface area contributed by atoms with Gasteiger partial charge in [-0.15, -0.1) is 0 Å². The molecule has 0 unspecified atom stereocenters. The van der Waals surface area contributed by atoms with Gasteiger partial charge in [-0.3, -0.25) is 4.98 Å².